The average molecular weight is 303 g/mol. The molecule has 16 heavy (non-hydrogen) atoms. The predicted molar refractivity (Wildman–Crippen MR) is 74.4 cm³/mol. The number of hydrogen-bond acceptors (Lipinski definition) is 3. The SMILES string of the molecule is BrCCN1CCCN(Cc2cccs2)CC1. The summed E-state index contributed by atoms with van der Waals surface area (Å²) in [5.41, 5.74) is 0. The molecule has 0 N–H and O–H groups in total. The molecule has 0 aliphatic carbocycles. The lowest BCUT2D eigenvalue weighted by Crippen LogP contribution is -2.31. The lowest BCUT2D eigenvalue weighted by atomic mass is 10.3. The summed E-state index contributed by atoms with van der Waals surface area (Å²) in [7, 11) is 0. The Balaban J connectivity index is 1.80. The van der Waals surface area contributed by atoms with Crippen molar-refractivity contribution in [1.29, 1.82) is 0 Å². The summed E-state index contributed by atoms with van der Waals surface area (Å²) in [5, 5.41) is 3.27. The van der Waals surface area contributed by atoms with Gasteiger partial charge in [0.25, 0.3) is 0 Å². The van der Waals surface area contributed by atoms with Gasteiger partial charge in [0, 0.05) is 36.4 Å². The van der Waals surface area contributed by atoms with E-state index < -0.39 is 0 Å². The summed E-state index contributed by atoms with van der Waals surface area (Å²) in [6, 6.07) is 4.39. The van der Waals surface area contributed by atoms with E-state index in [0.29, 0.717) is 0 Å². The highest BCUT2D eigenvalue weighted by atomic mass is 79.9. The molecule has 2 nitrogen and oxygen atoms in total. The van der Waals surface area contributed by atoms with Crippen molar-refractivity contribution in [3.8, 4) is 0 Å². The maximum Gasteiger partial charge on any atom is 0.0328 e. The molecule has 1 fully saturated rings. The Bertz CT molecular complexity index is 289. The van der Waals surface area contributed by atoms with Gasteiger partial charge in [0.15, 0.2) is 0 Å². The van der Waals surface area contributed by atoms with Gasteiger partial charge in [0.1, 0.15) is 0 Å². The van der Waals surface area contributed by atoms with E-state index in [1.54, 1.807) is 0 Å². The highest BCUT2D eigenvalue weighted by Gasteiger charge is 2.14. The van der Waals surface area contributed by atoms with Gasteiger partial charge in [-0.05, 0) is 31.0 Å². The molecular formula is C12H19BrN2S. The molecule has 1 aromatic heterocycles. The first-order chi connectivity index (χ1) is 7.88. The van der Waals surface area contributed by atoms with Crippen LogP contribution >= 0.6 is 27.3 Å². The lowest BCUT2D eigenvalue weighted by molar-refractivity contribution is 0.260. The van der Waals surface area contributed by atoms with E-state index in [9.17, 15) is 0 Å². The molecule has 1 aliphatic rings. The van der Waals surface area contributed by atoms with Crippen LogP contribution in [0.3, 0.4) is 0 Å². The van der Waals surface area contributed by atoms with Crippen LogP contribution in [-0.2, 0) is 6.54 Å². The van der Waals surface area contributed by atoms with Crippen molar-refractivity contribution >= 4 is 27.3 Å². The highest BCUT2D eigenvalue weighted by Crippen LogP contribution is 2.13. The minimum absolute atomic E-state index is 1.10. The Morgan fingerprint density at radius 3 is 2.75 bits per heavy atom. The van der Waals surface area contributed by atoms with Crippen molar-refractivity contribution in [2.45, 2.75) is 13.0 Å². The summed E-state index contributed by atoms with van der Waals surface area (Å²) < 4.78 is 0. The zero-order chi connectivity index (χ0) is 11.2. The normalized spacial score (nSPS) is 19.8. The first kappa shape index (κ1) is 12.6. The second-order valence-electron chi connectivity index (χ2n) is 4.24. The predicted octanol–water partition coefficient (Wildman–Crippen LogP) is 2.65. The van der Waals surface area contributed by atoms with Crippen LogP contribution in [-0.4, -0.2) is 47.9 Å². The Morgan fingerprint density at radius 2 is 2.00 bits per heavy atom. The standard InChI is InChI=1S/C12H19BrN2S/c13-4-7-14-5-2-6-15(9-8-14)11-12-3-1-10-16-12/h1,3,10H,2,4-9,11H2. The van der Waals surface area contributed by atoms with E-state index in [0.717, 1.165) is 11.9 Å². The molecule has 0 spiro atoms. The van der Waals surface area contributed by atoms with Gasteiger partial charge >= 0.3 is 0 Å². The van der Waals surface area contributed by atoms with Crippen molar-refractivity contribution in [3.63, 3.8) is 0 Å². The maximum atomic E-state index is 3.52. The summed E-state index contributed by atoms with van der Waals surface area (Å²) in [4.78, 5) is 6.64. The topological polar surface area (TPSA) is 6.48 Å². The van der Waals surface area contributed by atoms with E-state index in [4.69, 9.17) is 0 Å². The third-order valence-electron chi connectivity index (χ3n) is 3.04. The van der Waals surface area contributed by atoms with Gasteiger partial charge in [-0.25, -0.2) is 0 Å². The summed E-state index contributed by atoms with van der Waals surface area (Å²) in [6.45, 7) is 7.26. The van der Waals surface area contributed by atoms with Crippen LogP contribution < -0.4 is 0 Å². The first-order valence-corrected chi connectivity index (χ1v) is 7.91. The number of hydrogen-bond donors (Lipinski definition) is 0. The van der Waals surface area contributed by atoms with Gasteiger partial charge in [-0.15, -0.1) is 11.3 Å². The third kappa shape index (κ3) is 3.84. The Labute approximate surface area is 110 Å². The Morgan fingerprint density at radius 1 is 1.19 bits per heavy atom. The van der Waals surface area contributed by atoms with Crippen LogP contribution in [0.5, 0.6) is 0 Å². The van der Waals surface area contributed by atoms with E-state index in [1.807, 2.05) is 11.3 Å². The molecule has 0 amide bonds. The zero-order valence-electron chi connectivity index (χ0n) is 9.57. The van der Waals surface area contributed by atoms with Crippen molar-refractivity contribution in [2.75, 3.05) is 38.1 Å². The fourth-order valence-corrected chi connectivity index (χ4v) is 3.40. The molecule has 2 rings (SSSR count). The van der Waals surface area contributed by atoms with Crippen LogP contribution in [0.25, 0.3) is 0 Å². The quantitative estimate of drug-likeness (QED) is 0.789. The van der Waals surface area contributed by atoms with Gasteiger partial charge in [-0.1, -0.05) is 22.0 Å². The summed E-state index contributed by atoms with van der Waals surface area (Å²) in [6.07, 6.45) is 1.30. The average Bonchev–Trinajstić information content (AvgIpc) is 2.68. The van der Waals surface area contributed by atoms with E-state index >= 15 is 0 Å². The molecule has 90 valence electrons. The Kier molecular flexibility index (Phi) is 5.29. The highest BCUT2D eigenvalue weighted by molar-refractivity contribution is 9.09. The molecule has 0 bridgehead atoms. The monoisotopic (exact) mass is 302 g/mol. The first-order valence-electron chi connectivity index (χ1n) is 5.91. The molecule has 0 saturated carbocycles. The maximum absolute atomic E-state index is 3.52. The summed E-state index contributed by atoms with van der Waals surface area (Å²) >= 11 is 5.39. The molecule has 1 aliphatic heterocycles. The van der Waals surface area contributed by atoms with Crippen molar-refractivity contribution in [1.82, 2.24) is 9.80 Å². The van der Waals surface area contributed by atoms with Gasteiger partial charge in [0.2, 0.25) is 0 Å². The summed E-state index contributed by atoms with van der Waals surface area (Å²) in [5.74, 6) is 0. The van der Waals surface area contributed by atoms with Gasteiger partial charge < -0.3 is 4.90 Å². The van der Waals surface area contributed by atoms with E-state index in [2.05, 4.69) is 43.2 Å². The van der Waals surface area contributed by atoms with Gasteiger partial charge in [-0.2, -0.15) is 0 Å². The molecule has 0 atom stereocenters. The number of halogens is 1. The third-order valence-corrected chi connectivity index (χ3v) is 4.26. The van der Waals surface area contributed by atoms with Gasteiger partial charge in [0.05, 0.1) is 0 Å². The fourth-order valence-electron chi connectivity index (χ4n) is 2.15. The van der Waals surface area contributed by atoms with Crippen molar-refractivity contribution < 1.29 is 0 Å². The van der Waals surface area contributed by atoms with Crippen molar-refractivity contribution in [2.24, 2.45) is 0 Å². The minimum Gasteiger partial charge on any atom is -0.301 e. The molecule has 1 aromatic rings. The smallest absolute Gasteiger partial charge is 0.0328 e. The fraction of sp³-hybridized carbons (Fsp3) is 0.667. The zero-order valence-corrected chi connectivity index (χ0v) is 12.0. The molecular weight excluding hydrogens is 284 g/mol. The second-order valence-corrected chi connectivity index (χ2v) is 6.06. The molecule has 0 aromatic carbocycles. The van der Waals surface area contributed by atoms with Crippen LogP contribution in [0.4, 0.5) is 0 Å². The molecule has 0 unspecified atom stereocenters. The number of thiophene rings is 1. The number of rotatable bonds is 4. The molecule has 1 saturated heterocycles. The van der Waals surface area contributed by atoms with Crippen LogP contribution in [0, 0.1) is 0 Å². The molecule has 0 radical (unpaired) electrons. The molecule has 4 heteroatoms. The van der Waals surface area contributed by atoms with E-state index in [1.165, 1.54) is 44.0 Å². The largest absolute Gasteiger partial charge is 0.301 e. The van der Waals surface area contributed by atoms with Crippen LogP contribution in [0.1, 0.15) is 11.3 Å². The van der Waals surface area contributed by atoms with Crippen LogP contribution in [0.2, 0.25) is 0 Å². The second kappa shape index (κ2) is 6.74. The lowest BCUT2D eigenvalue weighted by Gasteiger charge is -2.20. The van der Waals surface area contributed by atoms with Crippen LogP contribution in [0.15, 0.2) is 17.5 Å². The minimum atomic E-state index is 1.10. The molecule has 2 heterocycles. The number of nitrogens with zero attached hydrogens (tertiary/aromatic N) is 2. The van der Waals surface area contributed by atoms with Crippen molar-refractivity contribution in [3.05, 3.63) is 22.4 Å². The number of alkyl halides is 1. The van der Waals surface area contributed by atoms with E-state index in [-0.39, 0.29) is 0 Å². The Hall–Kier alpha value is 0.100. The van der Waals surface area contributed by atoms with Gasteiger partial charge in [-0.3, -0.25) is 4.90 Å².